The van der Waals surface area contributed by atoms with Crippen LogP contribution in [0.4, 0.5) is 0 Å². The summed E-state index contributed by atoms with van der Waals surface area (Å²) in [5.41, 5.74) is 6.45. The van der Waals surface area contributed by atoms with E-state index in [1.165, 1.54) is 37.1 Å². The summed E-state index contributed by atoms with van der Waals surface area (Å²) in [6.07, 6.45) is 0. The number of fused-ring (bicyclic) bond motifs is 7. The number of furan rings is 2. The van der Waals surface area contributed by atoms with Crippen LogP contribution in [0.2, 0.25) is 0 Å². The van der Waals surface area contributed by atoms with E-state index in [1.54, 1.807) is 0 Å². The van der Waals surface area contributed by atoms with Crippen LogP contribution in [-0.2, 0) is 0 Å². The third-order valence-electron chi connectivity index (χ3n) is 7.90. The van der Waals surface area contributed by atoms with Gasteiger partial charge in [-0.15, -0.1) is 0 Å². The number of hydrogen-bond acceptors (Lipinski definition) is 3. The molecule has 0 saturated carbocycles. The van der Waals surface area contributed by atoms with Crippen molar-refractivity contribution in [2.24, 2.45) is 0 Å². The number of benzene rings is 6. The van der Waals surface area contributed by atoms with Crippen molar-refractivity contribution in [3.05, 3.63) is 121 Å². The van der Waals surface area contributed by atoms with Crippen LogP contribution >= 0.6 is 11.8 Å². The summed E-state index contributed by atoms with van der Waals surface area (Å²) in [5, 5.41) is 7.11. The fourth-order valence-corrected chi connectivity index (χ4v) is 7.24. The predicted molar refractivity (Wildman–Crippen MR) is 161 cm³/mol. The van der Waals surface area contributed by atoms with E-state index in [4.69, 9.17) is 8.83 Å². The Morgan fingerprint density at radius 3 is 2.26 bits per heavy atom. The van der Waals surface area contributed by atoms with Gasteiger partial charge >= 0.3 is 0 Å². The Labute approximate surface area is 228 Å². The third kappa shape index (κ3) is 3.05. The van der Waals surface area contributed by atoms with Gasteiger partial charge in [-0.25, -0.2) is 0 Å². The molecular weight excluding hydrogens is 496 g/mol. The Hall–Kier alpha value is -4.73. The molecule has 0 amide bonds. The lowest BCUT2D eigenvalue weighted by Gasteiger charge is -2.20. The molecule has 0 radical (unpaired) electrons. The second-order valence-corrected chi connectivity index (χ2v) is 11.2. The molecule has 2 nitrogen and oxygen atoms in total. The van der Waals surface area contributed by atoms with Crippen molar-refractivity contribution >= 4 is 55.2 Å². The van der Waals surface area contributed by atoms with E-state index < -0.39 is 0 Å². The predicted octanol–water partition coefficient (Wildman–Crippen LogP) is 11.0. The van der Waals surface area contributed by atoms with Crippen molar-refractivity contribution in [1.29, 1.82) is 0 Å². The van der Waals surface area contributed by atoms with Crippen molar-refractivity contribution in [2.45, 2.75) is 9.79 Å². The highest BCUT2D eigenvalue weighted by Gasteiger charge is 2.21. The number of hydrogen-bond donors (Lipinski definition) is 0. The smallest absolute Gasteiger partial charge is 0.143 e. The number of rotatable bonds is 2. The van der Waals surface area contributed by atoms with Crippen LogP contribution in [0.1, 0.15) is 0 Å². The van der Waals surface area contributed by atoms with E-state index in [1.807, 2.05) is 23.9 Å². The zero-order valence-electron chi connectivity index (χ0n) is 20.8. The topological polar surface area (TPSA) is 26.3 Å². The second-order valence-electron chi connectivity index (χ2n) is 10.1. The van der Waals surface area contributed by atoms with Crippen LogP contribution in [0.15, 0.2) is 140 Å². The molecule has 3 heterocycles. The summed E-state index contributed by atoms with van der Waals surface area (Å²) in [4.78, 5) is 2.59. The van der Waals surface area contributed by atoms with E-state index in [0.29, 0.717) is 0 Å². The molecule has 1 aliphatic heterocycles. The highest BCUT2D eigenvalue weighted by Crippen LogP contribution is 2.49. The standard InChI is InChI=1S/C36H20O2S/c1-2-9-24-21(6-1)14-16-27-35-26(11-5-12-31(35)38-36(24)27)30-18-17-29(37-30)23-15-19-32-28(20-23)25-10-3-7-22-8-4-13-33(39-32)34(22)25/h1-20H. The zero-order valence-corrected chi connectivity index (χ0v) is 21.6. The van der Waals surface area contributed by atoms with Crippen molar-refractivity contribution < 1.29 is 8.83 Å². The van der Waals surface area contributed by atoms with Gasteiger partial charge in [-0.1, -0.05) is 90.6 Å². The van der Waals surface area contributed by atoms with Gasteiger partial charge in [-0.2, -0.15) is 0 Å². The normalized spacial score (nSPS) is 12.5. The average molecular weight is 517 g/mol. The molecule has 8 aromatic rings. The molecule has 0 N–H and O–H groups in total. The molecule has 0 aliphatic carbocycles. The second kappa shape index (κ2) is 7.89. The molecule has 0 atom stereocenters. The molecule has 0 unspecified atom stereocenters. The molecular formula is C36H20O2S. The lowest BCUT2D eigenvalue weighted by atomic mass is 9.96. The first kappa shape index (κ1) is 21.2. The van der Waals surface area contributed by atoms with Gasteiger partial charge in [-0.05, 0) is 64.4 Å². The third-order valence-corrected chi connectivity index (χ3v) is 9.04. The molecule has 39 heavy (non-hydrogen) atoms. The minimum Gasteiger partial charge on any atom is -0.456 e. The van der Waals surface area contributed by atoms with E-state index in [-0.39, 0.29) is 0 Å². The van der Waals surface area contributed by atoms with Crippen molar-refractivity contribution in [2.75, 3.05) is 0 Å². The molecule has 0 fully saturated rings. The van der Waals surface area contributed by atoms with Crippen molar-refractivity contribution in [3.63, 3.8) is 0 Å². The largest absolute Gasteiger partial charge is 0.456 e. The molecule has 182 valence electrons. The van der Waals surface area contributed by atoms with Gasteiger partial charge in [-0.3, -0.25) is 0 Å². The fraction of sp³-hybridized carbons (Fsp3) is 0. The molecule has 1 aliphatic rings. The Morgan fingerprint density at radius 2 is 1.28 bits per heavy atom. The van der Waals surface area contributed by atoms with Crippen LogP contribution in [-0.4, -0.2) is 0 Å². The SMILES string of the molecule is c1cc2c3c(cccc3c1)-c1cc(-c3ccc(-c4cccc5oc6c7ccccc7ccc6c45)o3)ccc1S2. The molecule has 9 rings (SSSR count). The quantitative estimate of drug-likeness (QED) is 0.229. The van der Waals surface area contributed by atoms with Gasteiger partial charge in [0.05, 0.1) is 0 Å². The van der Waals surface area contributed by atoms with Crippen molar-refractivity contribution in [1.82, 2.24) is 0 Å². The van der Waals surface area contributed by atoms with E-state index in [2.05, 4.69) is 109 Å². The Morgan fingerprint density at radius 1 is 0.462 bits per heavy atom. The maximum atomic E-state index is 6.55. The average Bonchev–Trinajstić information content (AvgIpc) is 3.63. The summed E-state index contributed by atoms with van der Waals surface area (Å²) in [7, 11) is 0. The molecule has 0 saturated heterocycles. The molecule has 2 aromatic heterocycles. The lowest BCUT2D eigenvalue weighted by molar-refractivity contribution is 0.598. The van der Waals surface area contributed by atoms with Crippen LogP contribution in [0.25, 0.3) is 77.3 Å². The van der Waals surface area contributed by atoms with Crippen molar-refractivity contribution in [3.8, 4) is 33.8 Å². The maximum absolute atomic E-state index is 6.55. The van der Waals surface area contributed by atoms with Gasteiger partial charge in [0.2, 0.25) is 0 Å². The van der Waals surface area contributed by atoms with Gasteiger partial charge < -0.3 is 8.83 Å². The maximum Gasteiger partial charge on any atom is 0.143 e. The minimum absolute atomic E-state index is 0.839. The molecule has 6 aromatic carbocycles. The molecule has 0 bridgehead atoms. The van der Waals surface area contributed by atoms with E-state index in [9.17, 15) is 0 Å². The summed E-state index contributed by atoms with van der Waals surface area (Å²) < 4.78 is 12.9. The van der Waals surface area contributed by atoms with E-state index >= 15 is 0 Å². The van der Waals surface area contributed by atoms with Crippen LogP contribution < -0.4 is 0 Å². The zero-order chi connectivity index (χ0) is 25.5. The Kier molecular flexibility index (Phi) is 4.29. The summed E-state index contributed by atoms with van der Waals surface area (Å²) in [6, 6.07) is 42.9. The minimum atomic E-state index is 0.839. The Bertz CT molecular complexity index is 2260. The van der Waals surface area contributed by atoms with Crippen LogP contribution in [0.5, 0.6) is 0 Å². The molecule has 3 heteroatoms. The monoisotopic (exact) mass is 516 g/mol. The van der Waals surface area contributed by atoms with Gasteiger partial charge in [0.25, 0.3) is 0 Å². The van der Waals surface area contributed by atoms with Crippen LogP contribution in [0.3, 0.4) is 0 Å². The van der Waals surface area contributed by atoms with Gasteiger partial charge in [0, 0.05) is 42.5 Å². The van der Waals surface area contributed by atoms with Crippen LogP contribution in [0, 0.1) is 0 Å². The summed E-state index contributed by atoms with van der Waals surface area (Å²) >= 11 is 1.84. The Balaban J connectivity index is 1.19. The van der Waals surface area contributed by atoms with E-state index in [0.717, 1.165) is 50.0 Å². The van der Waals surface area contributed by atoms with Gasteiger partial charge in [0.15, 0.2) is 0 Å². The van der Waals surface area contributed by atoms with Gasteiger partial charge in [0.1, 0.15) is 22.7 Å². The fourth-order valence-electron chi connectivity index (χ4n) is 6.11. The first-order valence-corrected chi connectivity index (χ1v) is 13.9. The highest BCUT2D eigenvalue weighted by molar-refractivity contribution is 7.99. The lowest BCUT2D eigenvalue weighted by Crippen LogP contribution is -1.93. The summed E-state index contributed by atoms with van der Waals surface area (Å²) in [5.74, 6) is 1.70. The first-order valence-electron chi connectivity index (χ1n) is 13.1. The first-order chi connectivity index (χ1) is 19.3. The summed E-state index contributed by atoms with van der Waals surface area (Å²) in [6.45, 7) is 0. The highest BCUT2D eigenvalue weighted by atomic mass is 32.2. The molecule has 0 spiro atoms.